The van der Waals surface area contributed by atoms with Crippen molar-refractivity contribution in [2.75, 3.05) is 33.4 Å². The van der Waals surface area contributed by atoms with E-state index in [0.29, 0.717) is 0 Å². The summed E-state index contributed by atoms with van der Waals surface area (Å²) in [6, 6.07) is 2.83. The predicted octanol–water partition coefficient (Wildman–Crippen LogP) is -0.0810. The van der Waals surface area contributed by atoms with Gasteiger partial charge in [-0.2, -0.15) is 4.31 Å². The average Bonchev–Trinajstić information content (AvgIpc) is 2.61. The Morgan fingerprint density at radius 2 is 1.96 bits per heavy atom. The minimum atomic E-state index is -3.87. The van der Waals surface area contributed by atoms with Crippen molar-refractivity contribution in [3.63, 3.8) is 0 Å². The van der Waals surface area contributed by atoms with Gasteiger partial charge in [0.25, 0.3) is 5.91 Å². The number of nitrogens with one attached hydrogen (secondary N) is 1. The summed E-state index contributed by atoms with van der Waals surface area (Å²) in [7, 11) is -2.54. The quantitative estimate of drug-likeness (QED) is 0.716. The molecule has 138 valence electrons. The molecule has 0 spiro atoms. The molecule has 0 radical (unpaired) electrons. The standard InChI is InChI=1S/C15H20N2O7S/c1-10(15(19)20)16-14(18)11-3-4-12(23-2)13(9-11)25(21,22)17-5-7-24-8-6-17/h3-4,9-10H,5-8H2,1-2H3,(H,16,18)(H,19,20)/t10-/m1/s1. The topological polar surface area (TPSA) is 122 Å². The van der Waals surface area contributed by atoms with Gasteiger partial charge in [-0.1, -0.05) is 0 Å². The largest absolute Gasteiger partial charge is 0.495 e. The summed E-state index contributed by atoms with van der Waals surface area (Å²) in [6.45, 7) is 2.31. The summed E-state index contributed by atoms with van der Waals surface area (Å²) >= 11 is 0. The number of methoxy groups -OCH3 is 1. The number of carboxylic acids is 1. The van der Waals surface area contributed by atoms with E-state index in [1.807, 2.05) is 0 Å². The molecular weight excluding hydrogens is 352 g/mol. The second-order valence-corrected chi connectivity index (χ2v) is 7.32. The van der Waals surface area contributed by atoms with Gasteiger partial charge in [0.15, 0.2) is 0 Å². The van der Waals surface area contributed by atoms with E-state index in [1.165, 1.54) is 36.5 Å². The summed E-state index contributed by atoms with van der Waals surface area (Å²) in [5.41, 5.74) is 0.0285. The van der Waals surface area contributed by atoms with Crippen LogP contribution in [-0.4, -0.2) is 69.2 Å². The van der Waals surface area contributed by atoms with Crippen molar-refractivity contribution in [3.8, 4) is 5.75 Å². The van der Waals surface area contributed by atoms with E-state index in [-0.39, 0.29) is 42.5 Å². The van der Waals surface area contributed by atoms with E-state index in [9.17, 15) is 18.0 Å². The van der Waals surface area contributed by atoms with Crippen LogP contribution in [0.4, 0.5) is 0 Å². The molecule has 0 aromatic heterocycles. The summed E-state index contributed by atoms with van der Waals surface area (Å²) in [5.74, 6) is -1.77. The van der Waals surface area contributed by atoms with Crippen LogP contribution in [0.1, 0.15) is 17.3 Å². The Morgan fingerprint density at radius 1 is 1.32 bits per heavy atom. The number of hydrogen-bond donors (Lipinski definition) is 2. The second kappa shape index (κ2) is 7.81. The lowest BCUT2D eigenvalue weighted by Gasteiger charge is -2.26. The van der Waals surface area contributed by atoms with Gasteiger partial charge in [-0.25, -0.2) is 8.42 Å². The molecule has 10 heteroatoms. The first-order chi connectivity index (χ1) is 11.8. The molecule has 25 heavy (non-hydrogen) atoms. The highest BCUT2D eigenvalue weighted by molar-refractivity contribution is 7.89. The second-order valence-electron chi connectivity index (χ2n) is 5.42. The van der Waals surface area contributed by atoms with E-state index in [2.05, 4.69) is 5.32 Å². The van der Waals surface area contributed by atoms with Gasteiger partial charge in [0.05, 0.1) is 20.3 Å². The zero-order valence-electron chi connectivity index (χ0n) is 13.9. The third kappa shape index (κ3) is 4.27. The molecule has 1 aliphatic heterocycles. The minimum absolute atomic E-state index is 0.0285. The third-order valence-corrected chi connectivity index (χ3v) is 5.65. The van der Waals surface area contributed by atoms with Crippen LogP contribution in [0.2, 0.25) is 0 Å². The number of ether oxygens (including phenoxy) is 2. The zero-order chi connectivity index (χ0) is 18.6. The Balaban J connectivity index is 2.36. The van der Waals surface area contributed by atoms with Gasteiger partial charge < -0.3 is 19.9 Å². The van der Waals surface area contributed by atoms with Crippen molar-refractivity contribution in [2.45, 2.75) is 17.9 Å². The number of amides is 1. The van der Waals surface area contributed by atoms with Crippen molar-refractivity contribution in [2.24, 2.45) is 0 Å². The van der Waals surface area contributed by atoms with Crippen molar-refractivity contribution >= 4 is 21.9 Å². The smallest absolute Gasteiger partial charge is 0.325 e. The van der Waals surface area contributed by atoms with Crippen LogP contribution in [0.25, 0.3) is 0 Å². The van der Waals surface area contributed by atoms with Crippen molar-refractivity contribution in [3.05, 3.63) is 23.8 Å². The first kappa shape index (κ1) is 19.2. The molecule has 1 aliphatic rings. The monoisotopic (exact) mass is 372 g/mol. The highest BCUT2D eigenvalue weighted by atomic mass is 32.2. The van der Waals surface area contributed by atoms with Crippen LogP contribution < -0.4 is 10.1 Å². The van der Waals surface area contributed by atoms with E-state index in [0.717, 1.165) is 0 Å². The lowest BCUT2D eigenvalue weighted by atomic mass is 10.2. The fraction of sp³-hybridized carbons (Fsp3) is 0.467. The summed E-state index contributed by atoms with van der Waals surface area (Å²) in [4.78, 5) is 22.9. The Kier molecular flexibility index (Phi) is 5.98. The van der Waals surface area contributed by atoms with Gasteiger partial charge in [-0.3, -0.25) is 9.59 Å². The summed E-state index contributed by atoms with van der Waals surface area (Å²) < 4.78 is 37.2. The maximum atomic E-state index is 12.8. The van der Waals surface area contributed by atoms with E-state index in [4.69, 9.17) is 14.6 Å². The van der Waals surface area contributed by atoms with Gasteiger partial charge in [-0.05, 0) is 25.1 Å². The molecule has 0 bridgehead atoms. The van der Waals surface area contributed by atoms with Gasteiger partial charge >= 0.3 is 5.97 Å². The van der Waals surface area contributed by atoms with E-state index < -0.39 is 27.9 Å². The fourth-order valence-electron chi connectivity index (χ4n) is 2.29. The molecule has 0 aliphatic carbocycles. The molecule has 1 aromatic rings. The van der Waals surface area contributed by atoms with Crippen LogP contribution >= 0.6 is 0 Å². The van der Waals surface area contributed by atoms with E-state index >= 15 is 0 Å². The lowest BCUT2D eigenvalue weighted by Crippen LogP contribution is -2.41. The Labute approximate surface area is 145 Å². The van der Waals surface area contributed by atoms with Crippen LogP contribution in [0.15, 0.2) is 23.1 Å². The highest BCUT2D eigenvalue weighted by Crippen LogP contribution is 2.28. The molecule has 1 heterocycles. The molecule has 1 saturated heterocycles. The van der Waals surface area contributed by atoms with Crippen molar-refractivity contribution in [1.29, 1.82) is 0 Å². The maximum Gasteiger partial charge on any atom is 0.325 e. The number of morpholine rings is 1. The SMILES string of the molecule is COc1ccc(C(=O)N[C@H](C)C(=O)O)cc1S(=O)(=O)N1CCOCC1. The fourth-order valence-corrected chi connectivity index (χ4v) is 3.88. The lowest BCUT2D eigenvalue weighted by molar-refractivity contribution is -0.138. The van der Waals surface area contributed by atoms with Crippen LogP contribution in [-0.2, 0) is 19.6 Å². The summed E-state index contributed by atoms with van der Waals surface area (Å²) in [6.07, 6.45) is 0. The molecule has 1 atom stereocenters. The number of carboxylic acid groups (broad SMARTS) is 1. The Bertz CT molecular complexity index is 757. The van der Waals surface area contributed by atoms with Gasteiger partial charge in [0, 0.05) is 18.7 Å². The first-order valence-corrected chi connectivity index (χ1v) is 9.01. The Morgan fingerprint density at radius 3 is 2.52 bits per heavy atom. The van der Waals surface area contributed by atoms with Gasteiger partial charge in [0.1, 0.15) is 16.7 Å². The minimum Gasteiger partial charge on any atom is -0.495 e. The molecule has 0 unspecified atom stereocenters. The molecule has 2 N–H and O–H groups in total. The molecule has 9 nitrogen and oxygen atoms in total. The number of benzene rings is 1. The van der Waals surface area contributed by atoms with Crippen molar-refractivity contribution < 1.29 is 32.6 Å². The van der Waals surface area contributed by atoms with Crippen LogP contribution in [0.3, 0.4) is 0 Å². The number of hydrogen-bond acceptors (Lipinski definition) is 6. The number of carbonyl (C=O) groups is 2. The molecule has 1 aromatic carbocycles. The van der Waals surface area contributed by atoms with Crippen LogP contribution in [0, 0.1) is 0 Å². The highest BCUT2D eigenvalue weighted by Gasteiger charge is 2.30. The van der Waals surface area contributed by atoms with Crippen LogP contribution in [0.5, 0.6) is 5.75 Å². The van der Waals surface area contributed by atoms with Gasteiger partial charge in [-0.15, -0.1) is 0 Å². The molecular formula is C15H20N2O7S. The number of sulfonamides is 1. The number of carbonyl (C=O) groups excluding carboxylic acids is 1. The summed E-state index contributed by atoms with van der Waals surface area (Å²) in [5, 5.41) is 11.1. The maximum absolute atomic E-state index is 12.8. The Hall–Kier alpha value is -2.17. The molecule has 0 saturated carbocycles. The molecule has 1 fully saturated rings. The predicted molar refractivity (Wildman–Crippen MR) is 87.1 cm³/mol. The van der Waals surface area contributed by atoms with Gasteiger partial charge in [0.2, 0.25) is 10.0 Å². The third-order valence-electron chi connectivity index (χ3n) is 3.73. The number of nitrogens with zero attached hydrogens (tertiary/aromatic N) is 1. The average molecular weight is 372 g/mol. The first-order valence-electron chi connectivity index (χ1n) is 7.57. The zero-order valence-corrected chi connectivity index (χ0v) is 14.7. The molecule has 2 rings (SSSR count). The van der Waals surface area contributed by atoms with E-state index in [1.54, 1.807) is 0 Å². The van der Waals surface area contributed by atoms with Crippen molar-refractivity contribution in [1.82, 2.24) is 9.62 Å². The molecule has 1 amide bonds. The normalized spacial score (nSPS) is 16.9. The number of rotatable bonds is 6. The number of aliphatic carboxylic acids is 1.